The Balaban J connectivity index is 1.48. The average Bonchev–Trinajstić information content (AvgIpc) is 2.96. The number of thiophene rings is 1. The number of carbonyl (C=O) groups excluding carboxylic acids is 1. The number of hydrogen-bond acceptors (Lipinski definition) is 4. The van der Waals surface area contributed by atoms with Crippen LogP contribution in [0.15, 0.2) is 11.4 Å². The van der Waals surface area contributed by atoms with E-state index < -0.39 is 0 Å². The minimum Gasteiger partial charge on any atom is -0.355 e. The van der Waals surface area contributed by atoms with Gasteiger partial charge in [-0.15, -0.1) is 23.1 Å². The van der Waals surface area contributed by atoms with Crippen LogP contribution in [0.4, 0.5) is 0 Å². The first-order chi connectivity index (χ1) is 9.84. The van der Waals surface area contributed by atoms with Crippen molar-refractivity contribution in [2.24, 2.45) is 5.92 Å². The van der Waals surface area contributed by atoms with Crippen molar-refractivity contribution in [1.29, 1.82) is 0 Å². The van der Waals surface area contributed by atoms with Crippen molar-refractivity contribution in [3.05, 3.63) is 21.9 Å². The summed E-state index contributed by atoms with van der Waals surface area (Å²) in [6.45, 7) is 3.09. The Morgan fingerprint density at radius 2 is 2.45 bits per heavy atom. The number of thioether (sulfide) groups is 1. The summed E-state index contributed by atoms with van der Waals surface area (Å²) in [5.41, 5.74) is 1.25. The third kappa shape index (κ3) is 3.38. The van der Waals surface area contributed by atoms with E-state index in [0.29, 0.717) is 0 Å². The number of amides is 1. The highest BCUT2D eigenvalue weighted by atomic mass is 32.2. The van der Waals surface area contributed by atoms with E-state index >= 15 is 0 Å². The Morgan fingerprint density at radius 3 is 3.30 bits per heavy atom. The lowest BCUT2D eigenvalue weighted by atomic mass is 9.96. The molecular weight excluding hydrogens is 288 g/mol. The molecule has 2 aliphatic heterocycles. The number of aryl methyl sites for hydroxylation is 1. The van der Waals surface area contributed by atoms with Crippen LogP contribution in [0.25, 0.3) is 0 Å². The molecule has 5 heteroatoms. The first kappa shape index (κ1) is 14.4. The Bertz CT molecular complexity index is 454. The van der Waals surface area contributed by atoms with Gasteiger partial charge in [0, 0.05) is 11.4 Å². The van der Waals surface area contributed by atoms with E-state index in [4.69, 9.17) is 0 Å². The molecule has 2 atom stereocenters. The molecule has 3 rings (SSSR count). The third-order valence-corrected chi connectivity index (χ3v) is 6.40. The van der Waals surface area contributed by atoms with Gasteiger partial charge >= 0.3 is 0 Å². The highest BCUT2D eigenvalue weighted by Gasteiger charge is 2.27. The Labute approximate surface area is 128 Å². The van der Waals surface area contributed by atoms with E-state index in [-0.39, 0.29) is 11.2 Å². The lowest BCUT2D eigenvalue weighted by Crippen LogP contribution is -2.34. The molecule has 1 aromatic heterocycles. The van der Waals surface area contributed by atoms with Gasteiger partial charge in [-0.05, 0) is 67.5 Å². The molecule has 1 aromatic rings. The predicted molar refractivity (Wildman–Crippen MR) is 86.4 cm³/mol. The fraction of sp³-hybridized carbons (Fsp3) is 0.667. The maximum absolute atomic E-state index is 12.4. The number of carbonyl (C=O) groups is 1. The van der Waals surface area contributed by atoms with Gasteiger partial charge in [0.15, 0.2) is 0 Å². The van der Waals surface area contributed by atoms with Crippen molar-refractivity contribution in [1.82, 2.24) is 10.6 Å². The van der Waals surface area contributed by atoms with E-state index in [1.165, 1.54) is 23.3 Å². The highest BCUT2D eigenvalue weighted by Crippen LogP contribution is 2.39. The number of fused-ring (bicyclic) bond motifs is 1. The van der Waals surface area contributed by atoms with E-state index in [0.717, 1.165) is 44.1 Å². The van der Waals surface area contributed by atoms with Crippen LogP contribution in [-0.4, -0.2) is 31.3 Å². The molecule has 0 aromatic carbocycles. The van der Waals surface area contributed by atoms with Gasteiger partial charge in [0.2, 0.25) is 5.91 Å². The summed E-state index contributed by atoms with van der Waals surface area (Å²) in [4.78, 5) is 13.8. The van der Waals surface area contributed by atoms with Crippen LogP contribution in [0.5, 0.6) is 0 Å². The molecule has 1 fully saturated rings. The van der Waals surface area contributed by atoms with Crippen molar-refractivity contribution in [3.63, 3.8) is 0 Å². The molecule has 0 aliphatic carbocycles. The zero-order valence-corrected chi connectivity index (χ0v) is 13.3. The van der Waals surface area contributed by atoms with Crippen molar-refractivity contribution in [3.8, 4) is 0 Å². The van der Waals surface area contributed by atoms with E-state index in [2.05, 4.69) is 22.1 Å². The molecule has 20 heavy (non-hydrogen) atoms. The molecule has 2 aliphatic rings. The van der Waals surface area contributed by atoms with Gasteiger partial charge in [0.1, 0.15) is 5.25 Å². The second kappa shape index (κ2) is 6.96. The van der Waals surface area contributed by atoms with Gasteiger partial charge in [0.05, 0.1) is 0 Å². The lowest BCUT2D eigenvalue weighted by molar-refractivity contribution is -0.120. The van der Waals surface area contributed by atoms with Gasteiger partial charge in [-0.3, -0.25) is 4.79 Å². The maximum atomic E-state index is 12.4. The molecular formula is C15H22N2OS2. The first-order valence-electron chi connectivity index (χ1n) is 7.51. The number of nitrogens with one attached hydrogen (secondary N) is 2. The van der Waals surface area contributed by atoms with Crippen molar-refractivity contribution in [2.75, 3.05) is 25.4 Å². The smallest absolute Gasteiger partial charge is 0.237 e. The minimum absolute atomic E-state index is 0.0227. The molecule has 3 nitrogen and oxygen atoms in total. The van der Waals surface area contributed by atoms with Crippen LogP contribution in [0, 0.1) is 5.92 Å². The van der Waals surface area contributed by atoms with Gasteiger partial charge in [-0.25, -0.2) is 0 Å². The van der Waals surface area contributed by atoms with Crippen molar-refractivity contribution in [2.45, 2.75) is 30.9 Å². The Kier molecular flexibility index (Phi) is 5.02. The Hall–Kier alpha value is -0.520. The molecule has 0 spiro atoms. The minimum atomic E-state index is 0.0227. The maximum Gasteiger partial charge on any atom is 0.237 e. The molecule has 3 heterocycles. The first-order valence-corrected chi connectivity index (χ1v) is 9.44. The standard InChI is InChI=1S/C15H22N2OS2/c18-15(17-7-3-11-2-1-6-16-10-11)14-12-4-8-19-13(12)5-9-20-14/h4,8,11,14,16H,1-3,5-7,9-10H2,(H,17,18). The summed E-state index contributed by atoms with van der Waals surface area (Å²) in [6.07, 6.45) is 4.80. The molecule has 0 bridgehead atoms. The van der Waals surface area contributed by atoms with Gasteiger partial charge in [-0.1, -0.05) is 0 Å². The number of rotatable bonds is 4. The lowest BCUT2D eigenvalue weighted by Gasteiger charge is -2.24. The highest BCUT2D eigenvalue weighted by molar-refractivity contribution is 8.00. The molecule has 2 unspecified atom stereocenters. The largest absolute Gasteiger partial charge is 0.355 e. The summed E-state index contributed by atoms with van der Waals surface area (Å²) in [6, 6.07) is 2.13. The molecule has 0 saturated carbocycles. The van der Waals surface area contributed by atoms with Crippen LogP contribution in [0.1, 0.15) is 35.0 Å². The molecule has 2 N–H and O–H groups in total. The third-order valence-electron chi connectivity index (χ3n) is 4.16. The van der Waals surface area contributed by atoms with Crippen molar-refractivity contribution < 1.29 is 4.79 Å². The predicted octanol–water partition coefficient (Wildman–Crippen LogP) is 2.58. The molecule has 1 saturated heterocycles. The topological polar surface area (TPSA) is 41.1 Å². The van der Waals surface area contributed by atoms with Crippen LogP contribution in [0.2, 0.25) is 0 Å². The average molecular weight is 310 g/mol. The second-order valence-electron chi connectivity index (χ2n) is 5.59. The van der Waals surface area contributed by atoms with Gasteiger partial charge in [0.25, 0.3) is 0 Å². The molecule has 0 radical (unpaired) electrons. The van der Waals surface area contributed by atoms with Crippen molar-refractivity contribution >= 4 is 29.0 Å². The van der Waals surface area contributed by atoms with E-state index in [9.17, 15) is 4.79 Å². The van der Waals surface area contributed by atoms with Crippen LogP contribution in [-0.2, 0) is 11.2 Å². The Morgan fingerprint density at radius 1 is 1.50 bits per heavy atom. The SMILES string of the molecule is O=C(NCCC1CCCNC1)C1SCCc2sccc21. The molecule has 110 valence electrons. The van der Waals surface area contributed by atoms with Gasteiger partial charge in [-0.2, -0.15) is 0 Å². The van der Waals surface area contributed by atoms with Crippen LogP contribution < -0.4 is 10.6 Å². The quantitative estimate of drug-likeness (QED) is 0.898. The second-order valence-corrected chi connectivity index (χ2v) is 7.81. The summed E-state index contributed by atoms with van der Waals surface area (Å²) in [7, 11) is 0. The van der Waals surface area contributed by atoms with E-state index in [1.54, 1.807) is 23.1 Å². The van der Waals surface area contributed by atoms with E-state index in [1.807, 2.05) is 0 Å². The zero-order valence-electron chi connectivity index (χ0n) is 11.7. The normalized spacial score (nSPS) is 26.0. The fourth-order valence-electron chi connectivity index (χ4n) is 3.03. The zero-order chi connectivity index (χ0) is 13.8. The molecule has 1 amide bonds. The summed E-state index contributed by atoms with van der Waals surface area (Å²) < 4.78 is 0. The summed E-state index contributed by atoms with van der Waals surface area (Å²) in [5.74, 6) is 2.01. The number of hydrogen-bond donors (Lipinski definition) is 2. The van der Waals surface area contributed by atoms with Crippen LogP contribution in [0.3, 0.4) is 0 Å². The fourth-order valence-corrected chi connectivity index (χ4v) is 5.34. The summed E-state index contributed by atoms with van der Waals surface area (Å²) >= 11 is 3.58. The van der Waals surface area contributed by atoms with Crippen LogP contribution >= 0.6 is 23.1 Å². The van der Waals surface area contributed by atoms with Gasteiger partial charge < -0.3 is 10.6 Å². The monoisotopic (exact) mass is 310 g/mol. The number of piperidine rings is 1. The summed E-state index contributed by atoms with van der Waals surface area (Å²) in [5, 5.41) is 8.72.